The number of imidazole rings is 3. The number of ether oxygens (including phenoxy) is 2. The second-order valence-electron chi connectivity index (χ2n) is 14.8. The molecular formula is C38H47N11O6S. The van der Waals surface area contributed by atoms with E-state index in [0.29, 0.717) is 29.7 Å². The first-order valence-corrected chi connectivity index (χ1v) is 19.6. The molecule has 0 spiro atoms. The van der Waals surface area contributed by atoms with Crippen LogP contribution in [-0.4, -0.2) is 108 Å². The number of carbonyl (C=O) groups excluding carboxylic acids is 4. The lowest BCUT2D eigenvalue weighted by Crippen LogP contribution is -2.51. The normalized spacial score (nSPS) is 18.1. The number of hydrogen-bond donors (Lipinski definition) is 4. The number of methoxy groups -OCH3 is 2. The zero-order chi connectivity index (χ0) is 39.7. The van der Waals surface area contributed by atoms with Gasteiger partial charge in [0, 0.05) is 18.7 Å². The number of fused-ring (bicyclic) bond motifs is 1. The van der Waals surface area contributed by atoms with Gasteiger partial charge in [-0.05, 0) is 43.1 Å². The minimum Gasteiger partial charge on any atom is -0.453 e. The molecule has 2 saturated heterocycles. The highest BCUT2D eigenvalue weighted by molar-refractivity contribution is 7.19. The number of hydrogen-bond acceptors (Lipinski definition) is 11. The quantitative estimate of drug-likeness (QED) is 0.136. The van der Waals surface area contributed by atoms with Crippen molar-refractivity contribution in [3.63, 3.8) is 0 Å². The predicted octanol–water partition coefficient (Wildman–Crippen LogP) is 5.33. The molecule has 6 heterocycles. The van der Waals surface area contributed by atoms with E-state index in [9.17, 15) is 19.2 Å². The Morgan fingerprint density at radius 3 is 1.77 bits per heavy atom. The molecule has 0 radical (unpaired) electrons. The first-order chi connectivity index (χ1) is 26.9. The fourth-order valence-corrected chi connectivity index (χ4v) is 8.27. The summed E-state index contributed by atoms with van der Waals surface area (Å²) >= 11 is 1.43. The van der Waals surface area contributed by atoms with Crippen LogP contribution in [0, 0.1) is 11.8 Å². The van der Waals surface area contributed by atoms with Crippen molar-refractivity contribution in [2.75, 3.05) is 27.3 Å². The van der Waals surface area contributed by atoms with Crippen LogP contribution in [0.3, 0.4) is 0 Å². The third-order valence-corrected chi connectivity index (χ3v) is 11.4. The van der Waals surface area contributed by atoms with Gasteiger partial charge >= 0.3 is 12.2 Å². The van der Waals surface area contributed by atoms with E-state index in [-0.39, 0.29) is 35.7 Å². The molecule has 18 heteroatoms. The maximum Gasteiger partial charge on any atom is 0.407 e. The van der Waals surface area contributed by atoms with Gasteiger partial charge in [0.15, 0.2) is 5.01 Å². The number of aromatic amines is 2. The Morgan fingerprint density at radius 2 is 1.27 bits per heavy atom. The average Bonchev–Trinajstić information content (AvgIpc) is 4.04. The number of carbonyl (C=O) groups is 4. The lowest BCUT2D eigenvalue weighted by molar-refractivity contribution is -0.136. The van der Waals surface area contributed by atoms with Gasteiger partial charge in [0.05, 0.1) is 62.0 Å². The topological polar surface area (TPSA) is 205 Å². The number of H-pyrrole nitrogens is 2. The molecule has 0 saturated carbocycles. The van der Waals surface area contributed by atoms with Crippen LogP contribution in [0.4, 0.5) is 9.59 Å². The molecule has 2 fully saturated rings. The van der Waals surface area contributed by atoms with Crippen molar-refractivity contribution in [3.05, 3.63) is 54.5 Å². The summed E-state index contributed by atoms with van der Waals surface area (Å²) in [6, 6.07) is 6.14. The summed E-state index contributed by atoms with van der Waals surface area (Å²) in [5, 5.41) is 10.9. The van der Waals surface area contributed by atoms with E-state index in [0.717, 1.165) is 58.9 Å². The minimum atomic E-state index is -0.706. The van der Waals surface area contributed by atoms with Crippen LogP contribution in [-0.2, 0) is 19.1 Å². The summed E-state index contributed by atoms with van der Waals surface area (Å²) in [5.41, 5.74) is 4.20. The molecule has 56 heavy (non-hydrogen) atoms. The third kappa shape index (κ3) is 7.69. The number of benzene rings is 1. The van der Waals surface area contributed by atoms with Crippen molar-refractivity contribution < 1.29 is 28.7 Å². The summed E-state index contributed by atoms with van der Waals surface area (Å²) in [6.07, 6.45) is 7.32. The number of nitrogens with zero attached hydrogens (tertiary/aromatic N) is 7. The molecule has 2 aliphatic rings. The van der Waals surface area contributed by atoms with E-state index in [4.69, 9.17) is 19.6 Å². The van der Waals surface area contributed by atoms with Crippen molar-refractivity contribution in [2.45, 2.75) is 77.5 Å². The first kappa shape index (κ1) is 38.5. The second-order valence-corrected chi connectivity index (χ2v) is 15.8. The van der Waals surface area contributed by atoms with Crippen LogP contribution in [0.15, 0.2) is 42.9 Å². The molecule has 1 aromatic carbocycles. The summed E-state index contributed by atoms with van der Waals surface area (Å²) in [6.45, 7) is 8.72. The fourth-order valence-electron chi connectivity index (χ4n) is 7.42. The first-order valence-electron chi connectivity index (χ1n) is 18.8. The molecule has 17 nitrogen and oxygen atoms in total. The Bertz CT molecular complexity index is 2170. The molecule has 7 rings (SSSR count). The van der Waals surface area contributed by atoms with Gasteiger partial charge < -0.3 is 39.9 Å². The molecular weight excluding hydrogens is 739 g/mol. The van der Waals surface area contributed by atoms with Crippen molar-refractivity contribution in [3.8, 4) is 33.2 Å². The van der Waals surface area contributed by atoms with E-state index in [1.54, 1.807) is 26.7 Å². The number of amides is 4. The van der Waals surface area contributed by atoms with E-state index in [2.05, 4.69) is 30.6 Å². The molecule has 0 aliphatic carbocycles. The molecule has 2 aliphatic heterocycles. The van der Waals surface area contributed by atoms with Crippen molar-refractivity contribution in [1.82, 2.24) is 55.0 Å². The standard InChI is InChI=1S/C38H47N11O6S/c1-20(2)29(44-37(52)54-5)34(50)47-15-7-9-27(47)31-39-17-24(41-31)22-11-13-23(14-12-22)26-19-49-36(43-26)56-33(46-49)25-18-40-32(42-25)28-10-8-16-48(28)35(51)30(21(3)4)45-38(53)55-6/h11-14,17-21,27-30H,7-10,15-16H2,1-6H3,(H,39,41)(H,40,42)(H,44,52)(H,45,53). The Morgan fingerprint density at radius 1 is 0.768 bits per heavy atom. The van der Waals surface area contributed by atoms with Gasteiger partial charge in [0.2, 0.25) is 16.8 Å². The van der Waals surface area contributed by atoms with Crippen LogP contribution in [0.2, 0.25) is 0 Å². The lowest BCUT2D eigenvalue weighted by atomic mass is 10.0. The summed E-state index contributed by atoms with van der Waals surface area (Å²) < 4.78 is 11.2. The van der Waals surface area contributed by atoms with E-state index < -0.39 is 24.3 Å². The van der Waals surface area contributed by atoms with Crippen LogP contribution in [0.1, 0.15) is 77.1 Å². The zero-order valence-corrected chi connectivity index (χ0v) is 33.1. The molecule has 296 valence electrons. The van der Waals surface area contributed by atoms with Crippen LogP contribution in [0.5, 0.6) is 0 Å². The Kier molecular flexibility index (Phi) is 11.1. The second kappa shape index (κ2) is 16.1. The largest absolute Gasteiger partial charge is 0.453 e. The number of nitrogens with one attached hydrogen (secondary N) is 4. The average molecular weight is 786 g/mol. The van der Waals surface area contributed by atoms with Crippen LogP contribution < -0.4 is 10.6 Å². The smallest absolute Gasteiger partial charge is 0.407 e. The number of alkyl carbamates (subject to hydrolysis) is 2. The maximum absolute atomic E-state index is 13.5. The van der Waals surface area contributed by atoms with Gasteiger partial charge in [-0.15, -0.1) is 0 Å². The predicted molar refractivity (Wildman–Crippen MR) is 207 cm³/mol. The molecule has 4 amide bonds. The monoisotopic (exact) mass is 785 g/mol. The highest BCUT2D eigenvalue weighted by Crippen LogP contribution is 2.35. The molecule has 4 unspecified atom stereocenters. The summed E-state index contributed by atoms with van der Waals surface area (Å²) in [4.78, 5) is 76.2. The Hall–Kier alpha value is -5.78. The SMILES string of the molecule is COC(=O)NC(C(=O)N1CCCC1c1ncc(-c2ccc(-c3cn4nc(-c5cnc(C6CCCN6C(=O)C(NC(=O)OC)C(C)C)[nH]5)sc4n3)cc2)[nH]1)C(C)C. The summed E-state index contributed by atoms with van der Waals surface area (Å²) in [5.74, 6) is 0.834. The van der Waals surface area contributed by atoms with Gasteiger partial charge in [0.1, 0.15) is 23.7 Å². The van der Waals surface area contributed by atoms with Crippen LogP contribution in [0.25, 0.3) is 38.2 Å². The van der Waals surface area contributed by atoms with E-state index in [1.807, 2.05) is 58.2 Å². The Labute approximate surface area is 327 Å². The van der Waals surface area contributed by atoms with Gasteiger partial charge in [-0.3, -0.25) is 9.59 Å². The van der Waals surface area contributed by atoms with Gasteiger partial charge in [-0.2, -0.15) is 5.10 Å². The van der Waals surface area contributed by atoms with Crippen molar-refractivity contribution >= 4 is 40.3 Å². The van der Waals surface area contributed by atoms with Gasteiger partial charge in [-0.25, -0.2) is 29.1 Å². The summed E-state index contributed by atoms with van der Waals surface area (Å²) in [7, 11) is 2.57. The molecule has 4 atom stereocenters. The fraction of sp³-hybridized carbons (Fsp3) is 0.474. The van der Waals surface area contributed by atoms with E-state index >= 15 is 0 Å². The molecule has 0 bridgehead atoms. The lowest BCUT2D eigenvalue weighted by Gasteiger charge is -2.30. The van der Waals surface area contributed by atoms with Gasteiger partial charge in [-0.1, -0.05) is 63.3 Å². The molecule has 5 aromatic rings. The number of rotatable bonds is 11. The molecule has 4 N–H and O–H groups in total. The van der Waals surface area contributed by atoms with Crippen LogP contribution >= 0.6 is 11.3 Å². The zero-order valence-electron chi connectivity index (χ0n) is 32.2. The maximum atomic E-state index is 13.5. The van der Waals surface area contributed by atoms with Crippen molar-refractivity contribution in [2.24, 2.45) is 11.8 Å². The highest BCUT2D eigenvalue weighted by Gasteiger charge is 2.39. The highest BCUT2D eigenvalue weighted by atomic mass is 32.1. The third-order valence-electron chi connectivity index (χ3n) is 10.4. The van der Waals surface area contributed by atoms with Crippen molar-refractivity contribution in [1.29, 1.82) is 0 Å². The minimum absolute atomic E-state index is 0.112. The number of aromatic nitrogens is 7. The Balaban J connectivity index is 1.02. The van der Waals surface area contributed by atoms with Gasteiger partial charge in [0.25, 0.3) is 0 Å². The number of likely N-dealkylation sites (tertiary alicyclic amines) is 2. The molecule has 4 aromatic heterocycles. The van der Waals surface area contributed by atoms with E-state index in [1.165, 1.54) is 25.6 Å².